The number of anilines is 1. The van der Waals surface area contributed by atoms with Gasteiger partial charge in [0.2, 0.25) is 10.0 Å². The predicted octanol–water partition coefficient (Wildman–Crippen LogP) is 1.27. The molecule has 0 fully saturated rings. The largest absolute Gasteiger partial charge is 0.381 e. The summed E-state index contributed by atoms with van der Waals surface area (Å²) in [6, 6.07) is 3.81. The van der Waals surface area contributed by atoms with Crippen LogP contribution < -0.4 is 5.73 Å². The highest BCUT2D eigenvalue weighted by Gasteiger charge is 2.27. The average molecular weight is 300 g/mol. The number of hydrogen-bond donors (Lipinski definition) is 1. The van der Waals surface area contributed by atoms with Crippen molar-refractivity contribution in [2.24, 2.45) is 7.05 Å². The van der Waals surface area contributed by atoms with Gasteiger partial charge in [0.05, 0.1) is 0 Å². The smallest absolute Gasteiger partial charge is 0.248 e. The Morgan fingerprint density at radius 1 is 1.53 bits per heavy atom. The molecule has 0 aliphatic heterocycles. The minimum absolute atomic E-state index is 0.0344. The summed E-state index contributed by atoms with van der Waals surface area (Å²) in [6.45, 7) is 2.54. The highest BCUT2D eigenvalue weighted by atomic mass is 32.2. The van der Waals surface area contributed by atoms with Gasteiger partial charge in [0.25, 0.3) is 0 Å². The van der Waals surface area contributed by atoms with Crippen molar-refractivity contribution in [1.82, 2.24) is 14.1 Å². The number of aryl methyl sites for hydroxylation is 1. The minimum Gasteiger partial charge on any atom is -0.381 e. The van der Waals surface area contributed by atoms with Crippen LogP contribution in [0.1, 0.15) is 11.8 Å². The SMILES string of the molecule is CCN(Cc1cccs1)S(=O)(=O)c1cn(C)nc1N. The molecule has 0 radical (unpaired) electrons. The fraction of sp³-hybridized carbons (Fsp3) is 0.364. The normalized spacial score (nSPS) is 12.2. The molecule has 0 aliphatic carbocycles. The van der Waals surface area contributed by atoms with Crippen LogP contribution in [0.3, 0.4) is 0 Å². The van der Waals surface area contributed by atoms with Crippen molar-refractivity contribution in [2.45, 2.75) is 18.4 Å². The molecule has 2 rings (SSSR count). The average Bonchev–Trinajstić information content (AvgIpc) is 2.95. The standard InChI is InChI=1S/C11H16N4O2S2/c1-3-15(7-9-5-4-6-18-9)19(16,17)10-8-14(2)13-11(10)12/h4-6,8H,3,7H2,1-2H3,(H2,12,13). The number of nitrogens with two attached hydrogens (primary N) is 1. The van der Waals surface area contributed by atoms with E-state index in [0.717, 1.165) is 4.88 Å². The molecule has 8 heteroatoms. The highest BCUT2D eigenvalue weighted by molar-refractivity contribution is 7.89. The van der Waals surface area contributed by atoms with Gasteiger partial charge in [-0.3, -0.25) is 4.68 Å². The van der Waals surface area contributed by atoms with Crippen LogP contribution in [-0.2, 0) is 23.6 Å². The summed E-state index contributed by atoms with van der Waals surface area (Å²) in [5.74, 6) is 0.0344. The monoisotopic (exact) mass is 300 g/mol. The molecule has 19 heavy (non-hydrogen) atoms. The summed E-state index contributed by atoms with van der Waals surface area (Å²) in [6.07, 6.45) is 1.43. The van der Waals surface area contributed by atoms with Crippen molar-refractivity contribution < 1.29 is 8.42 Å². The molecule has 2 aromatic heterocycles. The molecule has 0 aromatic carbocycles. The Hall–Kier alpha value is -1.38. The van der Waals surface area contributed by atoms with Gasteiger partial charge in [-0.15, -0.1) is 11.3 Å². The topological polar surface area (TPSA) is 81.2 Å². The molecule has 2 heterocycles. The summed E-state index contributed by atoms with van der Waals surface area (Å²) in [5, 5.41) is 5.81. The molecule has 0 unspecified atom stereocenters. The van der Waals surface area contributed by atoms with Crippen molar-refractivity contribution in [3.05, 3.63) is 28.6 Å². The van der Waals surface area contributed by atoms with Crippen molar-refractivity contribution in [1.29, 1.82) is 0 Å². The van der Waals surface area contributed by atoms with Crippen LogP contribution in [0, 0.1) is 0 Å². The Morgan fingerprint density at radius 3 is 2.74 bits per heavy atom. The fourth-order valence-corrected chi connectivity index (χ4v) is 4.08. The molecule has 2 aromatic rings. The maximum Gasteiger partial charge on any atom is 0.248 e. The fourth-order valence-electron chi connectivity index (χ4n) is 1.76. The first kappa shape index (κ1) is 14.0. The first-order valence-corrected chi connectivity index (χ1v) is 8.08. The van der Waals surface area contributed by atoms with E-state index in [1.165, 1.54) is 26.5 Å². The highest BCUT2D eigenvalue weighted by Crippen LogP contribution is 2.23. The van der Waals surface area contributed by atoms with Gasteiger partial charge in [-0.2, -0.15) is 9.40 Å². The van der Waals surface area contributed by atoms with Crippen molar-refractivity contribution >= 4 is 27.2 Å². The van der Waals surface area contributed by atoms with E-state index in [-0.39, 0.29) is 10.7 Å². The third kappa shape index (κ3) is 2.80. The second kappa shape index (κ2) is 5.32. The van der Waals surface area contributed by atoms with Gasteiger partial charge < -0.3 is 5.73 Å². The molecule has 2 N–H and O–H groups in total. The summed E-state index contributed by atoms with van der Waals surface area (Å²) < 4.78 is 27.8. The molecule has 0 aliphatic rings. The molecular weight excluding hydrogens is 284 g/mol. The molecule has 0 atom stereocenters. The Morgan fingerprint density at radius 2 is 2.26 bits per heavy atom. The van der Waals surface area contributed by atoms with E-state index in [1.807, 2.05) is 17.5 Å². The molecule has 0 bridgehead atoms. The Bertz CT molecular complexity index is 646. The number of hydrogen-bond acceptors (Lipinski definition) is 5. The van der Waals surface area contributed by atoms with Crippen molar-refractivity contribution in [3.8, 4) is 0 Å². The Balaban J connectivity index is 2.33. The maximum absolute atomic E-state index is 12.5. The van der Waals surface area contributed by atoms with Crippen LogP contribution in [0.5, 0.6) is 0 Å². The lowest BCUT2D eigenvalue weighted by Gasteiger charge is -2.19. The van der Waals surface area contributed by atoms with Gasteiger partial charge in [0.1, 0.15) is 4.90 Å². The molecular formula is C11H16N4O2S2. The van der Waals surface area contributed by atoms with E-state index in [4.69, 9.17) is 5.73 Å². The number of nitrogen functional groups attached to an aromatic ring is 1. The van der Waals surface area contributed by atoms with Gasteiger partial charge >= 0.3 is 0 Å². The van der Waals surface area contributed by atoms with Crippen LogP contribution in [0.2, 0.25) is 0 Å². The van der Waals surface area contributed by atoms with Crippen LogP contribution in [0.15, 0.2) is 28.6 Å². The van der Waals surface area contributed by atoms with Gasteiger partial charge in [-0.25, -0.2) is 8.42 Å². The second-order valence-corrected chi connectivity index (χ2v) is 7.00. The first-order valence-electron chi connectivity index (χ1n) is 5.76. The van der Waals surface area contributed by atoms with E-state index in [1.54, 1.807) is 14.0 Å². The number of thiophene rings is 1. The Labute approximate surface area is 116 Å². The van der Waals surface area contributed by atoms with E-state index in [2.05, 4.69) is 5.10 Å². The molecule has 0 saturated carbocycles. The lowest BCUT2D eigenvalue weighted by Crippen LogP contribution is -2.30. The molecule has 6 nitrogen and oxygen atoms in total. The van der Waals surface area contributed by atoms with Gasteiger partial charge in [0.15, 0.2) is 5.82 Å². The third-order valence-electron chi connectivity index (χ3n) is 2.70. The first-order chi connectivity index (χ1) is 8.95. The molecule has 0 spiro atoms. The second-order valence-electron chi connectivity index (χ2n) is 4.06. The van der Waals surface area contributed by atoms with E-state index >= 15 is 0 Å². The van der Waals surface area contributed by atoms with Crippen LogP contribution in [0.4, 0.5) is 5.82 Å². The zero-order valence-corrected chi connectivity index (χ0v) is 12.4. The van der Waals surface area contributed by atoms with E-state index in [0.29, 0.717) is 13.1 Å². The summed E-state index contributed by atoms with van der Waals surface area (Å²) in [4.78, 5) is 1.06. The summed E-state index contributed by atoms with van der Waals surface area (Å²) in [5.41, 5.74) is 5.66. The molecule has 0 saturated heterocycles. The third-order valence-corrected chi connectivity index (χ3v) is 5.50. The van der Waals surface area contributed by atoms with Crippen LogP contribution >= 0.6 is 11.3 Å². The number of nitrogens with zero attached hydrogens (tertiary/aromatic N) is 3. The Kier molecular flexibility index (Phi) is 3.93. The van der Waals surface area contributed by atoms with Crippen molar-refractivity contribution in [2.75, 3.05) is 12.3 Å². The lowest BCUT2D eigenvalue weighted by molar-refractivity contribution is 0.426. The zero-order valence-electron chi connectivity index (χ0n) is 10.8. The number of aromatic nitrogens is 2. The summed E-state index contributed by atoms with van der Waals surface area (Å²) in [7, 11) is -1.96. The molecule has 0 amide bonds. The quantitative estimate of drug-likeness (QED) is 0.901. The number of sulfonamides is 1. The lowest BCUT2D eigenvalue weighted by atomic mass is 10.4. The zero-order chi connectivity index (χ0) is 14.0. The van der Waals surface area contributed by atoms with Gasteiger partial charge in [-0.1, -0.05) is 13.0 Å². The van der Waals surface area contributed by atoms with Crippen molar-refractivity contribution in [3.63, 3.8) is 0 Å². The van der Waals surface area contributed by atoms with E-state index in [9.17, 15) is 8.42 Å². The van der Waals surface area contributed by atoms with Gasteiger partial charge in [-0.05, 0) is 11.4 Å². The number of rotatable bonds is 5. The van der Waals surface area contributed by atoms with Gasteiger partial charge in [0, 0.05) is 31.2 Å². The molecule has 104 valence electrons. The summed E-state index contributed by atoms with van der Waals surface area (Å²) >= 11 is 1.53. The van der Waals surface area contributed by atoms with Crippen LogP contribution in [0.25, 0.3) is 0 Å². The minimum atomic E-state index is -3.61. The van der Waals surface area contributed by atoms with E-state index < -0.39 is 10.0 Å². The van der Waals surface area contributed by atoms with Crippen LogP contribution in [-0.4, -0.2) is 29.0 Å². The predicted molar refractivity (Wildman–Crippen MR) is 75.2 cm³/mol. The maximum atomic E-state index is 12.5.